The molecule has 3 nitrogen and oxygen atoms in total. The molecule has 0 aliphatic heterocycles. The van der Waals surface area contributed by atoms with Gasteiger partial charge in [0.1, 0.15) is 11.7 Å². The molecule has 0 amide bonds. The van der Waals surface area contributed by atoms with Crippen molar-refractivity contribution in [1.29, 1.82) is 5.26 Å². The molecule has 0 N–H and O–H groups in total. The van der Waals surface area contributed by atoms with E-state index in [-0.39, 0.29) is 10.6 Å². The Balaban J connectivity index is 2.46. The number of hydrogen-bond donors (Lipinski definition) is 0. The lowest BCUT2D eigenvalue weighted by molar-refractivity contribution is 0.0975. The van der Waals surface area contributed by atoms with Gasteiger partial charge in [-0.25, -0.2) is 4.39 Å². The van der Waals surface area contributed by atoms with Gasteiger partial charge in [0.25, 0.3) is 0 Å². The third kappa shape index (κ3) is 2.61. The lowest BCUT2D eigenvalue weighted by Crippen LogP contribution is -2.13. The summed E-state index contributed by atoms with van der Waals surface area (Å²) in [5, 5.41) is 9.12. The third-order valence-electron chi connectivity index (χ3n) is 2.62. The Labute approximate surface area is 114 Å². The monoisotopic (exact) mass is 274 g/mol. The number of halogens is 2. The van der Waals surface area contributed by atoms with E-state index in [1.807, 2.05) is 6.07 Å². The number of aromatic nitrogens is 1. The lowest BCUT2D eigenvalue weighted by atomic mass is 9.92. The van der Waals surface area contributed by atoms with Gasteiger partial charge in [-0.3, -0.25) is 9.78 Å². The van der Waals surface area contributed by atoms with Gasteiger partial charge < -0.3 is 0 Å². The molecule has 5 heteroatoms. The molecule has 2 aromatic rings. The zero-order chi connectivity index (χ0) is 13.8. The lowest BCUT2D eigenvalue weighted by Gasteiger charge is -2.10. The minimum Gasteiger partial charge on any atom is -0.292 e. The van der Waals surface area contributed by atoms with Gasteiger partial charge in [0.2, 0.25) is 0 Å². The molecule has 0 fully saturated rings. The third-order valence-corrected chi connectivity index (χ3v) is 2.93. The van der Waals surface area contributed by atoms with Crippen LogP contribution in [0.4, 0.5) is 4.39 Å². The molecule has 1 aromatic heterocycles. The first-order valence-corrected chi connectivity index (χ1v) is 5.80. The molecule has 94 valence electrons. The van der Waals surface area contributed by atoms with Crippen LogP contribution in [0.5, 0.6) is 0 Å². The van der Waals surface area contributed by atoms with Crippen LogP contribution in [0.1, 0.15) is 21.8 Å². The largest absolute Gasteiger partial charge is 0.292 e. The highest BCUT2D eigenvalue weighted by Crippen LogP contribution is 2.26. The quantitative estimate of drug-likeness (QED) is 0.807. The molecule has 1 unspecified atom stereocenters. The van der Waals surface area contributed by atoms with Gasteiger partial charge in [-0.15, -0.1) is 0 Å². The fourth-order valence-corrected chi connectivity index (χ4v) is 1.96. The van der Waals surface area contributed by atoms with E-state index in [9.17, 15) is 9.18 Å². The van der Waals surface area contributed by atoms with Crippen molar-refractivity contribution >= 4 is 17.4 Å². The summed E-state index contributed by atoms with van der Waals surface area (Å²) in [5.41, 5.74) is 0.147. The van der Waals surface area contributed by atoms with Gasteiger partial charge in [-0.1, -0.05) is 23.7 Å². The molecule has 1 aromatic carbocycles. The number of pyridine rings is 1. The molecule has 19 heavy (non-hydrogen) atoms. The van der Waals surface area contributed by atoms with Gasteiger partial charge in [0, 0.05) is 12.4 Å². The van der Waals surface area contributed by atoms with Gasteiger partial charge in [-0.2, -0.15) is 5.26 Å². The van der Waals surface area contributed by atoms with Gasteiger partial charge >= 0.3 is 0 Å². The summed E-state index contributed by atoms with van der Waals surface area (Å²) in [4.78, 5) is 16.1. The van der Waals surface area contributed by atoms with E-state index in [2.05, 4.69) is 4.98 Å². The van der Waals surface area contributed by atoms with Crippen molar-refractivity contribution in [1.82, 2.24) is 4.98 Å². The summed E-state index contributed by atoms with van der Waals surface area (Å²) in [7, 11) is 0. The van der Waals surface area contributed by atoms with Crippen molar-refractivity contribution < 1.29 is 9.18 Å². The fraction of sp³-hybridized carbons (Fsp3) is 0.0714. The van der Waals surface area contributed by atoms with Crippen molar-refractivity contribution in [2.24, 2.45) is 0 Å². The van der Waals surface area contributed by atoms with E-state index in [0.717, 1.165) is 6.07 Å². The number of ketones is 1. The second-order valence-electron chi connectivity index (χ2n) is 3.81. The number of nitriles is 1. The number of nitrogens with zero attached hydrogens (tertiary/aromatic N) is 2. The number of Topliss-reactive ketones (excluding diaryl/α,β-unsaturated/α-hetero) is 1. The van der Waals surface area contributed by atoms with E-state index in [1.54, 1.807) is 12.1 Å². The summed E-state index contributed by atoms with van der Waals surface area (Å²) in [6.45, 7) is 0. The Bertz CT molecular complexity index is 632. The maximum absolute atomic E-state index is 13.7. The summed E-state index contributed by atoms with van der Waals surface area (Å²) < 4.78 is 13.7. The highest BCUT2D eigenvalue weighted by molar-refractivity contribution is 6.34. The predicted molar refractivity (Wildman–Crippen MR) is 68.3 cm³/mol. The Hall–Kier alpha value is -2.25. The van der Waals surface area contributed by atoms with E-state index in [1.165, 1.54) is 24.5 Å². The van der Waals surface area contributed by atoms with Crippen LogP contribution in [0.3, 0.4) is 0 Å². The summed E-state index contributed by atoms with van der Waals surface area (Å²) >= 11 is 5.83. The number of carbonyl (C=O) groups excluding carboxylic acids is 1. The summed E-state index contributed by atoms with van der Waals surface area (Å²) in [5.74, 6) is -2.52. The zero-order valence-corrected chi connectivity index (χ0v) is 10.4. The molecule has 0 spiro atoms. The molecule has 0 radical (unpaired) electrons. The SMILES string of the molecule is N#CC(C(=O)c1c(F)cccc1Cl)c1cccnc1. The average molecular weight is 275 g/mol. The second-order valence-corrected chi connectivity index (χ2v) is 4.22. The van der Waals surface area contributed by atoms with Crippen molar-refractivity contribution in [3.05, 3.63) is 64.7 Å². The van der Waals surface area contributed by atoms with Gasteiger partial charge in [-0.05, 0) is 23.8 Å². The van der Waals surface area contributed by atoms with Crippen LogP contribution in [0.2, 0.25) is 5.02 Å². The Morgan fingerprint density at radius 1 is 1.37 bits per heavy atom. The van der Waals surface area contributed by atoms with Crippen LogP contribution in [0, 0.1) is 17.1 Å². The molecule has 2 rings (SSSR count). The van der Waals surface area contributed by atoms with Crippen LogP contribution in [0.25, 0.3) is 0 Å². The molecule has 0 bridgehead atoms. The molecular weight excluding hydrogens is 267 g/mol. The first-order valence-electron chi connectivity index (χ1n) is 5.43. The number of rotatable bonds is 3. The van der Waals surface area contributed by atoms with Crippen LogP contribution < -0.4 is 0 Å². The molecule has 0 aliphatic carbocycles. The zero-order valence-electron chi connectivity index (χ0n) is 9.68. The molecule has 0 aliphatic rings. The van der Waals surface area contributed by atoms with Crippen LogP contribution in [0.15, 0.2) is 42.7 Å². The minimum absolute atomic E-state index is 0.00543. The first-order chi connectivity index (χ1) is 9.15. The minimum atomic E-state index is -1.12. The highest BCUT2D eigenvalue weighted by Gasteiger charge is 2.26. The van der Waals surface area contributed by atoms with E-state index < -0.39 is 17.5 Å². The molecule has 1 atom stereocenters. The number of carbonyl (C=O) groups is 1. The Morgan fingerprint density at radius 2 is 2.16 bits per heavy atom. The molecule has 0 saturated heterocycles. The molecule has 1 heterocycles. The second kappa shape index (κ2) is 5.59. The fourth-order valence-electron chi connectivity index (χ4n) is 1.71. The smallest absolute Gasteiger partial charge is 0.188 e. The van der Waals surface area contributed by atoms with E-state index in [0.29, 0.717) is 5.56 Å². The predicted octanol–water partition coefficient (Wildman–Crippen LogP) is 3.36. The van der Waals surface area contributed by atoms with Crippen LogP contribution >= 0.6 is 11.6 Å². The highest BCUT2D eigenvalue weighted by atomic mass is 35.5. The maximum atomic E-state index is 13.7. The molecular formula is C14H8ClFN2O. The number of hydrogen-bond acceptors (Lipinski definition) is 3. The first kappa shape index (κ1) is 13.2. The van der Waals surface area contributed by atoms with Crippen molar-refractivity contribution in [3.63, 3.8) is 0 Å². The van der Waals surface area contributed by atoms with Crippen LogP contribution in [-0.2, 0) is 0 Å². The van der Waals surface area contributed by atoms with Crippen molar-refractivity contribution in [3.8, 4) is 6.07 Å². The van der Waals surface area contributed by atoms with E-state index in [4.69, 9.17) is 16.9 Å². The maximum Gasteiger partial charge on any atom is 0.188 e. The normalized spacial score (nSPS) is 11.6. The number of benzene rings is 1. The van der Waals surface area contributed by atoms with Gasteiger partial charge in [0.15, 0.2) is 5.78 Å². The van der Waals surface area contributed by atoms with Crippen molar-refractivity contribution in [2.45, 2.75) is 5.92 Å². The van der Waals surface area contributed by atoms with Gasteiger partial charge in [0.05, 0.1) is 16.7 Å². The summed E-state index contributed by atoms with van der Waals surface area (Å²) in [6, 6.07) is 9.00. The Kier molecular flexibility index (Phi) is 3.88. The van der Waals surface area contributed by atoms with Crippen LogP contribution in [-0.4, -0.2) is 10.8 Å². The molecule has 0 saturated carbocycles. The standard InChI is InChI=1S/C14H8ClFN2O/c15-11-4-1-5-12(16)13(11)14(19)10(7-17)9-3-2-6-18-8-9/h1-6,8,10H. The van der Waals surface area contributed by atoms with Crippen molar-refractivity contribution in [2.75, 3.05) is 0 Å². The Morgan fingerprint density at radius 3 is 2.74 bits per heavy atom. The van der Waals surface area contributed by atoms with E-state index >= 15 is 0 Å². The summed E-state index contributed by atoms with van der Waals surface area (Å²) in [6.07, 6.45) is 2.93. The topological polar surface area (TPSA) is 53.8 Å². The average Bonchev–Trinajstić information content (AvgIpc) is 2.40.